The van der Waals surface area contributed by atoms with E-state index < -0.39 is 20.1 Å². The van der Waals surface area contributed by atoms with Gasteiger partial charge in [-0.1, -0.05) is 26.8 Å². The first-order chi connectivity index (χ1) is 9.08. The third-order valence-corrected chi connectivity index (χ3v) is 8.35. The third-order valence-electron chi connectivity index (χ3n) is 3.87. The monoisotopic (exact) mass is 298 g/mol. The second-order valence-corrected chi connectivity index (χ2v) is 11.2. The molecule has 1 aromatic carbocycles. The summed E-state index contributed by atoms with van der Waals surface area (Å²) >= 11 is 0. The van der Waals surface area contributed by atoms with Crippen LogP contribution in [0.2, 0.25) is 18.1 Å². The molecule has 3 nitrogen and oxygen atoms in total. The molecule has 0 spiro atoms. The number of ether oxygens (including phenoxy) is 1. The lowest BCUT2D eigenvalue weighted by molar-refractivity contribution is 0.0600. The minimum Gasteiger partial charge on any atom is -0.465 e. The highest BCUT2D eigenvalue weighted by atomic mass is 28.4. The molecule has 0 N–H and O–H groups in total. The highest BCUT2D eigenvalue weighted by Gasteiger charge is 2.37. The van der Waals surface area contributed by atoms with Crippen LogP contribution in [-0.2, 0) is 15.8 Å². The van der Waals surface area contributed by atoms with Crippen molar-refractivity contribution < 1.29 is 18.3 Å². The summed E-state index contributed by atoms with van der Waals surface area (Å²) in [5.74, 6) is -0.979. The van der Waals surface area contributed by atoms with Crippen molar-refractivity contribution in [2.24, 2.45) is 0 Å². The molecule has 5 heteroatoms. The average molecular weight is 298 g/mol. The van der Waals surface area contributed by atoms with Gasteiger partial charge in [0.2, 0.25) is 0 Å². The van der Waals surface area contributed by atoms with E-state index in [0.717, 1.165) is 0 Å². The minimum atomic E-state index is -1.91. The van der Waals surface area contributed by atoms with Crippen molar-refractivity contribution in [1.29, 1.82) is 0 Å². The molecule has 0 unspecified atom stereocenters. The van der Waals surface area contributed by atoms with Gasteiger partial charge in [0, 0.05) is 5.56 Å². The molecule has 0 aliphatic heterocycles. The van der Waals surface area contributed by atoms with Gasteiger partial charge in [-0.2, -0.15) is 0 Å². The molecule has 0 aliphatic carbocycles. The van der Waals surface area contributed by atoms with Crippen molar-refractivity contribution in [3.63, 3.8) is 0 Å². The van der Waals surface area contributed by atoms with Crippen molar-refractivity contribution in [3.8, 4) is 0 Å². The van der Waals surface area contributed by atoms with Gasteiger partial charge in [-0.05, 0) is 30.3 Å². The fraction of sp³-hybridized carbons (Fsp3) is 0.533. The van der Waals surface area contributed by atoms with Crippen molar-refractivity contribution in [2.75, 3.05) is 7.11 Å². The number of halogens is 1. The molecule has 0 atom stereocenters. The summed E-state index contributed by atoms with van der Waals surface area (Å²) in [7, 11) is -0.639. The minimum absolute atomic E-state index is 0.0788. The third kappa shape index (κ3) is 3.90. The molecule has 1 aromatic rings. The van der Waals surface area contributed by atoms with Crippen molar-refractivity contribution in [1.82, 2.24) is 0 Å². The molecular weight excluding hydrogens is 275 g/mol. The van der Waals surface area contributed by atoms with Crippen LogP contribution in [0.1, 0.15) is 36.7 Å². The second-order valence-electron chi connectivity index (χ2n) is 6.35. The highest BCUT2D eigenvalue weighted by Crippen LogP contribution is 2.37. The number of methoxy groups -OCH3 is 1. The van der Waals surface area contributed by atoms with E-state index >= 15 is 0 Å². The Labute approximate surface area is 121 Å². The zero-order valence-corrected chi connectivity index (χ0v) is 14.0. The largest absolute Gasteiger partial charge is 0.465 e. The Morgan fingerprint density at radius 2 is 1.90 bits per heavy atom. The molecule has 0 bridgehead atoms. The zero-order chi connectivity index (χ0) is 15.6. The maximum atomic E-state index is 13.9. The Morgan fingerprint density at radius 3 is 2.35 bits per heavy atom. The predicted octanol–water partition coefficient (Wildman–Crippen LogP) is 4.13. The van der Waals surface area contributed by atoms with Crippen LogP contribution >= 0.6 is 0 Å². The molecule has 0 saturated carbocycles. The molecule has 0 amide bonds. The van der Waals surface area contributed by atoms with E-state index in [9.17, 15) is 9.18 Å². The van der Waals surface area contributed by atoms with Gasteiger partial charge in [0.05, 0.1) is 19.3 Å². The number of esters is 1. The highest BCUT2D eigenvalue weighted by molar-refractivity contribution is 6.74. The fourth-order valence-corrected chi connectivity index (χ4v) is 2.33. The van der Waals surface area contributed by atoms with Gasteiger partial charge >= 0.3 is 5.97 Å². The van der Waals surface area contributed by atoms with Crippen molar-refractivity contribution >= 4 is 14.3 Å². The van der Waals surface area contributed by atoms with Crippen LogP contribution in [-0.4, -0.2) is 21.4 Å². The fourth-order valence-electron chi connectivity index (χ4n) is 1.38. The summed E-state index contributed by atoms with van der Waals surface area (Å²) in [4.78, 5) is 11.3. The Bertz CT molecular complexity index is 492. The number of hydrogen-bond donors (Lipinski definition) is 0. The van der Waals surface area contributed by atoms with E-state index in [0.29, 0.717) is 5.56 Å². The van der Waals surface area contributed by atoms with Gasteiger partial charge in [-0.25, -0.2) is 9.18 Å². The van der Waals surface area contributed by atoms with Crippen LogP contribution in [0, 0.1) is 5.82 Å². The van der Waals surface area contributed by atoms with Crippen LogP contribution in [0.4, 0.5) is 4.39 Å². The summed E-state index contributed by atoms with van der Waals surface area (Å²) in [5.41, 5.74) is 0.670. The Morgan fingerprint density at radius 1 is 1.30 bits per heavy atom. The summed E-state index contributed by atoms with van der Waals surface area (Å²) in [6.07, 6.45) is 0. The van der Waals surface area contributed by atoms with Gasteiger partial charge in [0.25, 0.3) is 0 Å². The predicted molar refractivity (Wildman–Crippen MR) is 79.7 cm³/mol. The number of hydrogen-bond acceptors (Lipinski definition) is 3. The molecule has 1 rings (SSSR count). The average Bonchev–Trinajstić information content (AvgIpc) is 2.35. The zero-order valence-electron chi connectivity index (χ0n) is 13.0. The number of carbonyl (C=O) groups excluding carboxylic acids is 1. The first-order valence-corrected chi connectivity index (χ1v) is 9.50. The molecule has 112 valence electrons. The maximum absolute atomic E-state index is 13.9. The van der Waals surface area contributed by atoms with Crippen LogP contribution in [0.15, 0.2) is 18.2 Å². The summed E-state index contributed by atoms with van der Waals surface area (Å²) < 4.78 is 24.5. The Balaban J connectivity index is 2.83. The Kier molecular flexibility index (Phi) is 5.10. The summed E-state index contributed by atoms with van der Waals surface area (Å²) in [6, 6.07) is 4.32. The molecule has 0 fully saturated rings. The van der Waals surface area contributed by atoms with Gasteiger partial charge < -0.3 is 9.16 Å². The van der Waals surface area contributed by atoms with Crippen molar-refractivity contribution in [2.45, 2.75) is 45.5 Å². The SMILES string of the molecule is COC(=O)c1ccc(CO[Si](C)(C)C(C)(C)C)c(F)c1. The van der Waals surface area contributed by atoms with Gasteiger partial charge in [0.1, 0.15) is 5.82 Å². The van der Waals surface area contributed by atoms with E-state index in [-0.39, 0.29) is 17.2 Å². The normalized spacial score (nSPS) is 12.3. The maximum Gasteiger partial charge on any atom is 0.337 e. The molecular formula is C15H23FO3Si. The first kappa shape index (κ1) is 16.9. The van der Waals surface area contributed by atoms with Gasteiger partial charge in [-0.15, -0.1) is 0 Å². The van der Waals surface area contributed by atoms with Gasteiger partial charge in [0.15, 0.2) is 8.32 Å². The molecule has 0 aliphatic rings. The van der Waals surface area contributed by atoms with Crippen LogP contribution < -0.4 is 0 Å². The van der Waals surface area contributed by atoms with E-state index in [2.05, 4.69) is 38.6 Å². The van der Waals surface area contributed by atoms with Crippen molar-refractivity contribution in [3.05, 3.63) is 35.1 Å². The van der Waals surface area contributed by atoms with Crippen LogP contribution in [0.3, 0.4) is 0 Å². The lowest BCUT2D eigenvalue weighted by Crippen LogP contribution is -2.40. The standard InChI is InChI=1S/C15H23FO3Si/c1-15(2,3)20(5,6)19-10-12-8-7-11(9-13(12)16)14(17)18-4/h7-9H,10H2,1-6H3. The van der Waals surface area contributed by atoms with Crippen LogP contribution in [0.5, 0.6) is 0 Å². The summed E-state index contributed by atoms with van der Waals surface area (Å²) in [6.45, 7) is 10.9. The lowest BCUT2D eigenvalue weighted by atomic mass is 10.1. The summed E-state index contributed by atoms with van der Waals surface area (Å²) in [5, 5.41) is 0.0788. The first-order valence-electron chi connectivity index (χ1n) is 6.59. The molecule has 0 saturated heterocycles. The molecule has 0 heterocycles. The Hall–Kier alpha value is -1.20. The lowest BCUT2D eigenvalue weighted by Gasteiger charge is -2.36. The molecule has 0 aromatic heterocycles. The van der Waals surface area contributed by atoms with E-state index in [1.165, 1.54) is 13.2 Å². The van der Waals surface area contributed by atoms with Crippen LogP contribution in [0.25, 0.3) is 0 Å². The molecule has 0 radical (unpaired) electrons. The second kappa shape index (κ2) is 6.05. The smallest absolute Gasteiger partial charge is 0.337 e. The number of carbonyl (C=O) groups is 1. The van der Waals surface area contributed by atoms with E-state index in [1.807, 2.05) is 0 Å². The van der Waals surface area contributed by atoms with Gasteiger partial charge in [-0.3, -0.25) is 0 Å². The number of rotatable bonds is 4. The topological polar surface area (TPSA) is 35.5 Å². The quantitative estimate of drug-likeness (QED) is 0.619. The molecule has 20 heavy (non-hydrogen) atoms. The van der Waals surface area contributed by atoms with E-state index in [4.69, 9.17) is 4.43 Å². The van der Waals surface area contributed by atoms with E-state index in [1.54, 1.807) is 12.1 Å². The number of benzene rings is 1.